The number of benzene rings is 2. The minimum atomic E-state index is -0.658. The number of nitrogens with zero attached hydrogens (tertiary/aromatic N) is 1. The van der Waals surface area contributed by atoms with Crippen LogP contribution < -0.4 is 10.1 Å². The summed E-state index contributed by atoms with van der Waals surface area (Å²) in [4.78, 5) is 27.7. The zero-order valence-electron chi connectivity index (χ0n) is 18.0. The summed E-state index contributed by atoms with van der Waals surface area (Å²) in [5.41, 5.74) is 0.352. The Morgan fingerprint density at radius 3 is 2.29 bits per heavy atom. The van der Waals surface area contributed by atoms with Gasteiger partial charge in [0.25, 0.3) is 5.91 Å². The van der Waals surface area contributed by atoms with Crippen molar-refractivity contribution >= 4 is 50.9 Å². The lowest BCUT2D eigenvalue weighted by Crippen LogP contribution is -2.54. The van der Waals surface area contributed by atoms with Crippen LogP contribution in [0.1, 0.15) is 39.7 Å². The molecular formula is C23H27BrCl2N2O3. The molecule has 1 N–H and O–H groups in total. The van der Waals surface area contributed by atoms with Crippen molar-refractivity contribution in [2.75, 3.05) is 6.61 Å². The molecule has 0 aliphatic rings. The molecule has 0 aromatic heterocycles. The molecule has 0 heterocycles. The van der Waals surface area contributed by atoms with Gasteiger partial charge in [0.05, 0.1) is 10.0 Å². The molecule has 31 heavy (non-hydrogen) atoms. The standard InChI is InChI=1S/C23H27BrCl2N2O3/c1-5-20(22(30)27-23(2,3)4)28(13-15-6-11-18(25)19(26)12-15)21(29)14-31-17-9-7-16(24)8-10-17/h6-12,20H,5,13-14H2,1-4H3,(H,27,30)/t20-/m1/s1. The van der Waals surface area contributed by atoms with Crippen LogP contribution in [-0.4, -0.2) is 34.9 Å². The highest BCUT2D eigenvalue weighted by atomic mass is 79.9. The fourth-order valence-electron chi connectivity index (χ4n) is 2.97. The van der Waals surface area contributed by atoms with E-state index in [4.69, 9.17) is 27.9 Å². The van der Waals surface area contributed by atoms with Crippen molar-refractivity contribution in [3.63, 3.8) is 0 Å². The summed E-state index contributed by atoms with van der Waals surface area (Å²) in [6.07, 6.45) is 0.452. The summed E-state index contributed by atoms with van der Waals surface area (Å²) in [5, 5.41) is 3.79. The first-order valence-electron chi connectivity index (χ1n) is 9.94. The van der Waals surface area contributed by atoms with Crippen molar-refractivity contribution in [1.29, 1.82) is 0 Å². The Balaban J connectivity index is 2.25. The largest absolute Gasteiger partial charge is 0.484 e. The number of carbonyl (C=O) groups is 2. The maximum absolute atomic E-state index is 13.2. The number of nitrogens with one attached hydrogen (secondary N) is 1. The highest BCUT2D eigenvalue weighted by Crippen LogP contribution is 2.24. The molecule has 0 aliphatic heterocycles. The number of rotatable bonds is 8. The van der Waals surface area contributed by atoms with Crippen LogP contribution in [-0.2, 0) is 16.1 Å². The van der Waals surface area contributed by atoms with Gasteiger partial charge in [-0.05, 0) is 69.2 Å². The van der Waals surface area contributed by atoms with Crippen LogP contribution in [0, 0.1) is 0 Å². The summed E-state index contributed by atoms with van der Waals surface area (Å²) in [6.45, 7) is 7.59. The third-order valence-electron chi connectivity index (χ3n) is 4.40. The lowest BCUT2D eigenvalue weighted by molar-refractivity contribution is -0.143. The molecule has 8 heteroatoms. The predicted octanol–water partition coefficient (Wildman–Crippen LogP) is 5.86. The molecule has 2 aromatic rings. The molecule has 168 valence electrons. The van der Waals surface area contributed by atoms with E-state index in [1.54, 1.807) is 30.3 Å². The van der Waals surface area contributed by atoms with E-state index in [1.165, 1.54) is 4.90 Å². The number of ether oxygens (including phenoxy) is 1. The minimum absolute atomic E-state index is 0.192. The van der Waals surface area contributed by atoms with Gasteiger partial charge in [0.15, 0.2) is 6.61 Å². The van der Waals surface area contributed by atoms with Gasteiger partial charge in [-0.25, -0.2) is 0 Å². The summed E-state index contributed by atoms with van der Waals surface area (Å²) < 4.78 is 6.58. The molecule has 2 rings (SSSR count). The Hall–Kier alpha value is -1.76. The normalized spacial score (nSPS) is 12.2. The second-order valence-electron chi connectivity index (χ2n) is 8.18. The van der Waals surface area contributed by atoms with E-state index in [0.29, 0.717) is 22.2 Å². The van der Waals surface area contributed by atoms with Crippen molar-refractivity contribution in [1.82, 2.24) is 10.2 Å². The van der Waals surface area contributed by atoms with E-state index in [0.717, 1.165) is 10.0 Å². The maximum atomic E-state index is 13.2. The molecular weight excluding hydrogens is 503 g/mol. The second kappa shape index (κ2) is 11.2. The van der Waals surface area contributed by atoms with Crippen molar-refractivity contribution in [2.24, 2.45) is 0 Å². The van der Waals surface area contributed by atoms with E-state index in [9.17, 15) is 9.59 Å². The Morgan fingerprint density at radius 1 is 1.10 bits per heavy atom. The van der Waals surface area contributed by atoms with Crippen LogP contribution in [0.4, 0.5) is 0 Å². The van der Waals surface area contributed by atoms with Crippen molar-refractivity contribution < 1.29 is 14.3 Å². The van der Waals surface area contributed by atoms with E-state index < -0.39 is 11.6 Å². The number of hydrogen-bond donors (Lipinski definition) is 1. The molecule has 5 nitrogen and oxygen atoms in total. The highest BCUT2D eigenvalue weighted by Gasteiger charge is 2.31. The monoisotopic (exact) mass is 528 g/mol. The second-order valence-corrected chi connectivity index (χ2v) is 9.91. The topological polar surface area (TPSA) is 58.6 Å². The molecule has 0 radical (unpaired) electrons. The Morgan fingerprint density at radius 2 is 1.74 bits per heavy atom. The van der Waals surface area contributed by atoms with E-state index in [-0.39, 0.29) is 25.0 Å². The molecule has 1 atom stereocenters. The number of amides is 2. The van der Waals surface area contributed by atoms with Gasteiger partial charge in [0, 0.05) is 16.6 Å². The van der Waals surface area contributed by atoms with Gasteiger partial charge in [-0.15, -0.1) is 0 Å². The van der Waals surface area contributed by atoms with Crippen LogP contribution in [0.2, 0.25) is 10.0 Å². The lowest BCUT2D eigenvalue weighted by Gasteiger charge is -2.33. The zero-order valence-corrected chi connectivity index (χ0v) is 21.1. The van der Waals surface area contributed by atoms with Crippen LogP contribution in [0.25, 0.3) is 0 Å². The maximum Gasteiger partial charge on any atom is 0.261 e. The predicted molar refractivity (Wildman–Crippen MR) is 129 cm³/mol. The van der Waals surface area contributed by atoms with Gasteiger partial charge in [-0.1, -0.05) is 52.1 Å². The van der Waals surface area contributed by atoms with Gasteiger partial charge < -0.3 is 15.0 Å². The Bertz CT molecular complexity index is 914. The number of halogens is 3. The fourth-order valence-corrected chi connectivity index (χ4v) is 3.55. The SMILES string of the molecule is CC[C@H](C(=O)NC(C)(C)C)N(Cc1ccc(Cl)c(Cl)c1)C(=O)COc1ccc(Br)cc1. The first-order valence-corrected chi connectivity index (χ1v) is 11.5. The number of carbonyl (C=O) groups excluding carboxylic acids is 2. The van der Waals surface area contributed by atoms with Crippen molar-refractivity contribution in [3.8, 4) is 5.75 Å². The number of hydrogen-bond acceptors (Lipinski definition) is 3. The Labute approximate surface area is 202 Å². The van der Waals surface area contributed by atoms with Gasteiger partial charge in [0.1, 0.15) is 11.8 Å². The molecule has 0 unspecified atom stereocenters. The molecule has 0 fully saturated rings. The van der Waals surface area contributed by atoms with Crippen LogP contribution in [0.3, 0.4) is 0 Å². The van der Waals surface area contributed by atoms with E-state index in [1.807, 2.05) is 39.8 Å². The van der Waals surface area contributed by atoms with Crippen molar-refractivity contribution in [2.45, 2.75) is 52.2 Å². The van der Waals surface area contributed by atoms with Gasteiger partial charge in [0.2, 0.25) is 5.91 Å². The average Bonchev–Trinajstić information content (AvgIpc) is 2.68. The fraction of sp³-hybridized carbons (Fsp3) is 0.391. The molecule has 0 aliphatic carbocycles. The van der Waals surface area contributed by atoms with Crippen molar-refractivity contribution in [3.05, 3.63) is 62.5 Å². The highest BCUT2D eigenvalue weighted by molar-refractivity contribution is 9.10. The molecule has 0 saturated heterocycles. The smallest absolute Gasteiger partial charge is 0.261 e. The van der Waals surface area contributed by atoms with Crippen LogP contribution in [0.15, 0.2) is 46.9 Å². The van der Waals surface area contributed by atoms with Gasteiger partial charge in [-0.2, -0.15) is 0 Å². The van der Waals surface area contributed by atoms with Gasteiger partial charge in [-0.3, -0.25) is 9.59 Å². The zero-order chi connectivity index (χ0) is 23.2. The third kappa shape index (κ3) is 8.02. The third-order valence-corrected chi connectivity index (χ3v) is 5.66. The quantitative estimate of drug-likeness (QED) is 0.466. The van der Waals surface area contributed by atoms with Gasteiger partial charge >= 0.3 is 0 Å². The molecule has 2 aromatic carbocycles. The summed E-state index contributed by atoms with van der Waals surface area (Å²) in [6, 6.07) is 11.7. The Kier molecular flexibility index (Phi) is 9.22. The summed E-state index contributed by atoms with van der Waals surface area (Å²) >= 11 is 15.5. The van der Waals surface area contributed by atoms with E-state index >= 15 is 0 Å². The molecule has 0 saturated carbocycles. The molecule has 2 amide bonds. The van der Waals surface area contributed by atoms with E-state index in [2.05, 4.69) is 21.2 Å². The lowest BCUT2D eigenvalue weighted by atomic mass is 10.1. The van der Waals surface area contributed by atoms with Crippen LogP contribution >= 0.6 is 39.1 Å². The van der Waals surface area contributed by atoms with Crippen LogP contribution in [0.5, 0.6) is 5.75 Å². The average molecular weight is 530 g/mol. The molecule has 0 spiro atoms. The summed E-state index contributed by atoms with van der Waals surface area (Å²) in [5.74, 6) is 0.0511. The minimum Gasteiger partial charge on any atom is -0.484 e. The summed E-state index contributed by atoms with van der Waals surface area (Å²) in [7, 11) is 0. The first-order chi connectivity index (χ1) is 14.5. The first kappa shape index (κ1) is 25.5. The molecule has 0 bridgehead atoms.